The first-order valence-electron chi connectivity index (χ1n) is 10.9. The zero-order valence-electron chi connectivity index (χ0n) is 18.8. The summed E-state index contributed by atoms with van der Waals surface area (Å²) in [6, 6.07) is 12.7. The van der Waals surface area contributed by atoms with Crippen molar-refractivity contribution in [2.45, 2.75) is 38.9 Å². The molecule has 2 atom stereocenters. The Hall–Kier alpha value is -2.90. The fourth-order valence-corrected chi connectivity index (χ4v) is 3.88. The molecule has 0 bridgehead atoms. The Labute approximate surface area is 207 Å². The first-order valence-corrected chi connectivity index (χ1v) is 11.8. The highest BCUT2D eigenvalue weighted by atomic mass is 35.5. The van der Waals surface area contributed by atoms with Gasteiger partial charge < -0.3 is 14.4 Å². The van der Waals surface area contributed by atoms with Crippen LogP contribution >= 0.6 is 23.2 Å². The van der Waals surface area contributed by atoms with Crippen LogP contribution in [0.4, 0.5) is 5.69 Å². The maximum absolute atomic E-state index is 12.8. The number of hydrogen-bond acceptors (Lipinski definition) is 6. The van der Waals surface area contributed by atoms with Crippen LogP contribution in [0.25, 0.3) is 0 Å². The van der Waals surface area contributed by atoms with E-state index < -0.39 is 24.0 Å². The van der Waals surface area contributed by atoms with Gasteiger partial charge in [-0.3, -0.25) is 14.4 Å². The molecular formula is C25H25Cl2NO6. The van der Waals surface area contributed by atoms with E-state index in [0.717, 1.165) is 0 Å². The average molecular weight is 506 g/mol. The van der Waals surface area contributed by atoms with Gasteiger partial charge in [-0.05, 0) is 62.4 Å². The van der Waals surface area contributed by atoms with Crippen molar-refractivity contribution in [1.29, 1.82) is 0 Å². The lowest BCUT2D eigenvalue weighted by atomic mass is 10.0. The van der Waals surface area contributed by atoms with Gasteiger partial charge in [0.25, 0.3) is 0 Å². The molecule has 0 N–H and O–H groups in total. The van der Waals surface area contributed by atoms with E-state index in [1.165, 1.54) is 4.90 Å². The number of ketones is 1. The summed E-state index contributed by atoms with van der Waals surface area (Å²) in [7, 11) is 0. The van der Waals surface area contributed by atoms with E-state index in [9.17, 15) is 19.2 Å². The molecule has 1 aliphatic rings. The molecule has 0 spiro atoms. The van der Waals surface area contributed by atoms with Gasteiger partial charge in [-0.2, -0.15) is 0 Å². The van der Waals surface area contributed by atoms with Crippen molar-refractivity contribution in [3.8, 4) is 0 Å². The van der Waals surface area contributed by atoms with E-state index in [4.69, 9.17) is 32.7 Å². The van der Waals surface area contributed by atoms with Gasteiger partial charge in [0.15, 0.2) is 6.10 Å². The summed E-state index contributed by atoms with van der Waals surface area (Å²) in [6.45, 7) is 3.63. The minimum atomic E-state index is -1.05. The third kappa shape index (κ3) is 6.36. The number of ether oxygens (including phenoxy) is 2. The number of alkyl halides is 1. The standard InChI is InChI=1S/C25H25Cl2NO6/c1-15(2)33-24(31)17-5-9-20(10-6-17)28-14-18(13-22(28)29)25(32)34-21(11-12-26)23(30)16-3-7-19(27)8-4-16/h3-10,15,18,21H,11-14H2,1-2H3/t18-,21-/m0/s1. The minimum Gasteiger partial charge on any atom is -0.459 e. The molecule has 9 heteroatoms. The molecule has 3 rings (SSSR count). The molecule has 0 radical (unpaired) electrons. The maximum Gasteiger partial charge on any atom is 0.338 e. The number of esters is 2. The van der Waals surface area contributed by atoms with Crippen LogP contribution in [0, 0.1) is 5.92 Å². The molecule has 0 aliphatic carbocycles. The van der Waals surface area contributed by atoms with Gasteiger partial charge in [-0.1, -0.05) is 11.6 Å². The molecule has 1 saturated heterocycles. The number of anilines is 1. The number of halogens is 2. The second-order valence-corrected chi connectivity index (χ2v) is 9.00. The summed E-state index contributed by atoms with van der Waals surface area (Å²) in [6.07, 6.45) is -1.19. The molecule has 0 saturated carbocycles. The smallest absolute Gasteiger partial charge is 0.338 e. The van der Waals surface area contributed by atoms with E-state index in [0.29, 0.717) is 21.8 Å². The van der Waals surface area contributed by atoms with Gasteiger partial charge in [-0.15, -0.1) is 11.6 Å². The zero-order valence-corrected chi connectivity index (χ0v) is 20.3. The molecule has 0 aromatic heterocycles. The number of carbonyl (C=O) groups excluding carboxylic acids is 4. The number of amides is 1. The van der Waals surface area contributed by atoms with Crippen molar-refractivity contribution in [3.63, 3.8) is 0 Å². The van der Waals surface area contributed by atoms with Crippen LogP contribution in [0.3, 0.4) is 0 Å². The van der Waals surface area contributed by atoms with Crippen molar-refractivity contribution in [2.24, 2.45) is 5.92 Å². The third-order valence-electron chi connectivity index (χ3n) is 5.27. The normalized spacial score (nSPS) is 16.4. The predicted octanol–water partition coefficient (Wildman–Crippen LogP) is 4.68. The van der Waals surface area contributed by atoms with Gasteiger partial charge in [0.2, 0.25) is 11.7 Å². The molecular weight excluding hydrogens is 481 g/mol. The van der Waals surface area contributed by atoms with Crippen molar-refractivity contribution < 1.29 is 28.7 Å². The predicted molar refractivity (Wildman–Crippen MR) is 128 cm³/mol. The molecule has 2 aromatic rings. The lowest BCUT2D eigenvalue weighted by Crippen LogP contribution is -2.32. The Morgan fingerprint density at radius 3 is 2.21 bits per heavy atom. The van der Waals surface area contributed by atoms with Crippen molar-refractivity contribution >= 4 is 52.5 Å². The number of Topliss-reactive ketones (excluding diaryl/α,β-unsaturated/α-hetero) is 1. The van der Waals surface area contributed by atoms with E-state index in [2.05, 4.69) is 0 Å². The number of nitrogens with zero attached hydrogens (tertiary/aromatic N) is 1. The van der Waals surface area contributed by atoms with Crippen molar-refractivity contribution in [2.75, 3.05) is 17.3 Å². The lowest BCUT2D eigenvalue weighted by Gasteiger charge is -2.19. The van der Waals surface area contributed by atoms with Gasteiger partial charge >= 0.3 is 11.9 Å². The third-order valence-corrected chi connectivity index (χ3v) is 5.74. The summed E-state index contributed by atoms with van der Waals surface area (Å²) in [5.41, 5.74) is 1.27. The van der Waals surface area contributed by atoms with Crippen LogP contribution in [0.2, 0.25) is 5.02 Å². The molecule has 0 unspecified atom stereocenters. The first-order chi connectivity index (χ1) is 16.2. The van der Waals surface area contributed by atoms with Crippen LogP contribution in [0.1, 0.15) is 47.4 Å². The molecule has 1 fully saturated rings. The minimum absolute atomic E-state index is 0.0430. The summed E-state index contributed by atoms with van der Waals surface area (Å²) < 4.78 is 10.7. The molecule has 1 heterocycles. The Morgan fingerprint density at radius 2 is 1.62 bits per heavy atom. The second-order valence-electron chi connectivity index (χ2n) is 8.18. The molecule has 180 valence electrons. The van der Waals surface area contributed by atoms with Crippen LogP contribution in [-0.2, 0) is 19.1 Å². The van der Waals surface area contributed by atoms with Gasteiger partial charge in [-0.25, -0.2) is 4.79 Å². The first kappa shape index (κ1) is 25.7. The highest BCUT2D eigenvalue weighted by molar-refractivity contribution is 6.30. The molecule has 7 nitrogen and oxygen atoms in total. The summed E-state index contributed by atoms with van der Waals surface area (Å²) in [5.74, 6) is -2.32. The van der Waals surface area contributed by atoms with Gasteiger partial charge in [0.1, 0.15) is 0 Å². The van der Waals surface area contributed by atoms with Crippen molar-refractivity contribution in [1.82, 2.24) is 0 Å². The molecule has 2 aromatic carbocycles. The number of carbonyl (C=O) groups is 4. The largest absolute Gasteiger partial charge is 0.459 e. The van der Waals surface area contributed by atoms with E-state index >= 15 is 0 Å². The highest BCUT2D eigenvalue weighted by Gasteiger charge is 2.38. The Balaban J connectivity index is 1.65. The number of rotatable bonds is 9. The zero-order chi connectivity index (χ0) is 24.8. The average Bonchev–Trinajstić information content (AvgIpc) is 3.20. The highest BCUT2D eigenvalue weighted by Crippen LogP contribution is 2.27. The fourth-order valence-electron chi connectivity index (χ4n) is 3.55. The number of hydrogen-bond donors (Lipinski definition) is 0. The molecule has 34 heavy (non-hydrogen) atoms. The second kappa shape index (κ2) is 11.5. The van der Waals surface area contributed by atoms with E-state index in [1.807, 2.05) is 0 Å². The Morgan fingerprint density at radius 1 is 1.00 bits per heavy atom. The SMILES string of the molecule is CC(C)OC(=O)c1ccc(N2C[C@@H](C(=O)O[C@@H](CCCl)C(=O)c3ccc(Cl)cc3)CC2=O)cc1. The molecule has 1 amide bonds. The Kier molecular flexibility index (Phi) is 8.69. The fraction of sp³-hybridized carbons (Fsp3) is 0.360. The Bertz CT molecular complexity index is 1050. The van der Waals surface area contributed by atoms with Gasteiger partial charge in [0.05, 0.1) is 17.6 Å². The summed E-state index contributed by atoms with van der Waals surface area (Å²) in [5, 5.41) is 0.483. The monoisotopic (exact) mass is 505 g/mol. The van der Waals surface area contributed by atoms with Crippen LogP contribution in [0.15, 0.2) is 48.5 Å². The topological polar surface area (TPSA) is 90.0 Å². The lowest BCUT2D eigenvalue weighted by molar-refractivity contribution is -0.151. The number of benzene rings is 2. The quantitative estimate of drug-likeness (QED) is 0.279. The van der Waals surface area contributed by atoms with E-state index in [1.54, 1.807) is 62.4 Å². The van der Waals surface area contributed by atoms with Crippen LogP contribution in [-0.4, -0.2) is 48.3 Å². The van der Waals surface area contributed by atoms with Crippen molar-refractivity contribution in [3.05, 3.63) is 64.7 Å². The van der Waals surface area contributed by atoms with E-state index in [-0.39, 0.29) is 43.1 Å². The molecule has 1 aliphatic heterocycles. The summed E-state index contributed by atoms with van der Waals surface area (Å²) >= 11 is 11.7. The van der Waals surface area contributed by atoms with Crippen LogP contribution in [0.5, 0.6) is 0 Å². The summed E-state index contributed by atoms with van der Waals surface area (Å²) in [4.78, 5) is 51.7. The van der Waals surface area contributed by atoms with Gasteiger partial charge in [0, 0.05) is 41.5 Å². The maximum atomic E-state index is 12.8. The van der Waals surface area contributed by atoms with Crippen LogP contribution < -0.4 is 4.90 Å².